The fourth-order valence-corrected chi connectivity index (χ4v) is 0.782. The number of halogens is 1. The molecule has 0 radical (unpaired) electrons. The van der Waals surface area contributed by atoms with Crippen LogP contribution in [-0.4, -0.2) is 9.79 Å². The first-order valence-corrected chi connectivity index (χ1v) is 4.94. The molecular weight excluding hydrogens is 211 g/mol. The molecule has 13 heavy (non-hydrogen) atoms. The Kier molecular flexibility index (Phi) is 7.45. The number of hydrogen-bond donors (Lipinski definition) is 2. The Morgan fingerprint density at radius 1 is 1.23 bits per heavy atom. The Hall–Kier alpha value is -0.730. The van der Waals surface area contributed by atoms with Crippen molar-refractivity contribution in [1.82, 2.24) is 0 Å². The fraction of sp³-hybridized carbons (Fsp3) is 0. The van der Waals surface area contributed by atoms with Crippen molar-refractivity contribution in [3.63, 3.8) is 0 Å². The smallest absolute Gasteiger partial charge is 0.134 e. The van der Waals surface area contributed by atoms with E-state index < -0.39 is 8.25 Å². The van der Waals surface area contributed by atoms with E-state index in [1.165, 1.54) is 5.54 Å². The molecule has 5 heteroatoms. The highest BCUT2D eigenvalue weighted by Crippen LogP contribution is 2.00. The van der Waals surface area contributed by atoms with Crippen LogP contribution in [-0.2, 0) is 4.57 Å². The van der Waals surface area contributed by atoms with Crippen LogP contribution in [0.5, 0.6) is 0 Å². The molecule has 0 saturated carbocycles. The summed E-state index contributed by atoms with van der Waals surface area (Å²) in [4.78, 5) is 14.2. The highest BCUT2D eigenvalue weighted by molar-refractivity contribution is 7.30. The summed E-state index contributed by atoms with van der Waals surface area (Å²) < 4.78 is 8.70. The summed E-state index contributed by atoms with van der Waals surface area (Å²) in [5.41, 5.74) is 2.64. The number of benzene rings is 1. The summed E-state index contributed by atoms with van der Waals surface area (Å²) in [5, 5.41) is 0. The average Bonchev–Trinajstić information content (AvgIpc) is 2.06. The predicted octanol–water partition coefficient (Wildman–Crippen LogP) is 2.52. The molecule has 0 unspecified atom stereocenters. The zero-order chi connectivity index (χ0) is 10.1. The van der Waals surface area contributed by atoms with Gasteiger partial charge in [-0.25, -0.2) is 0 Å². The Bertz CT molecular complexity index is 270. The van der Waals surface area contributed by atoms with Crippen molar-refractivity contribution in [2.75, 3.05) is 0 Å². The van der Waals surface area contributed by atoms with Crippen molar-refractivity contribution in [2.45, 2.75) is 0 Å². The monoisotopic (exact) mass is 219 g/mol. The molecule has 1 rings (SSSR count). The zero-order valence-corrected chi connectivity index (χ0v) is 8.32. The van der Waals surface area contributed by atoms with Crippen LogP contribution in [0.1, 0.15) is 5.56 Å². The van der Waals surface area contributed by atoms with E-state index in [-0.39, 0.29) is 0 Å². The Morgan fingerprint density at radius 2 is 1.69 bits per heavy atom. The molecule has 0 bridgehead atoms. The second-order valence-electron chi connectivity index (χ2n) is 1.96. The molecule has 0 fully saturated rings. The lowest BCUT2D eigenvalue weighted by atomic mass is 10.2. The molecule has 2 N–H and O–H groups in total. The van der Waals surface area contributed by atoms with E-state index in [0.717, 1.165) is 5.56 Å². The van der Waals surface area contributed by atoms with Crippen molar-refractivity contribution >= 4 is 25.9 Å². The van der Waals surface area contributed by atoms with Crippen molar-refractivity contribution < 1.29 is 14.4 Å². The zero-order valence-electron chi connectivity index (χ0n) is 6.67. The summed E-state index contributed by atoms with van der Waals surface area (Å²) in [5.74, 6) is 0. The molecule has 0 amide bonds. The van der Waals surface area contributed by atoms with Crippen LogP contribution >= 0.6 is 19.9 Å². The molecule has 70 valence electrons. The van der Waals surface area contributed by atoms with Crippen LogP contribution in [0.25, 0.3) is 6.08 Å². The molecule has 0 spiro atoms. The first-order chi connectivity index (χ1) is 6.16. The topological polar surface area (TPSA) is 57.5 Å². The highest BCUT2D eigenvalue weighted by atomic mass is 35.5. The van der Waals surface area contributed by atoms with E-state index in [2.05, 4.69) is 0 Å². The summed E-state index contributed by atoms with van der Waals surface area (Å²) in [6, 6.07) is 9.93. The lowest BCUT2D eigenvalue weighted by Crippen LogP contribution is -1.64. The van der Waals surface area contributed by atoms with Crippen LogP contribution in [0, 0.1) is 0 Å². The molecule has 0 aromatic heterocycles. The third-order valence-corrected chi connectivity index (χ3v) is 1.18. The van der Waals surface area contributed by atoms with E-state index in [1.807, 2.05) is 36.4 Å². The Morgan fingerprint density at radius 3 is 2.08 bits per heavy atom. The minimum Gasteiger partial charge on any atom is -0.134 e. The second-order valence-corrected chi connectivity index (χ2v) is 2.71. The minimum atomic E-state index is -2.87. The molecule has 0 aliphatic rings. The standard InChI is InChI=1S/C8H7Cl.HO3P/c9-7-6-8-4-2-1-3-5-8;1-4(2)3/h1-7H;(H-,1,2,3)/p+1. The van der Waals surface area contributed by atoms with Crippen LogP contribution in [0.2, 0.25) is 0 Å². The van der Waals surface area contributed by atoms with Crippen LogP contribution < -0.4 is 0 Å². The van der Waals surface area contributed by atoms with E-state index in [4.69, 9.17) is 26.0 Å². The van der Waals surface area contributed by atoms with Crippen LogP contribution in [0.4, 0.5) is 0 Å². The lowest BCUT2D eigenvalue weighted by molar-refractivity contribution is 0.405. The molecule has 0 heterocycles. The molecule has 0 atom stereocenters. The first kappa shape index (κ1) is 12.3. The molecular formula is C8H9ClO3P+. The van der Waals surface area contributed by atoms with Gasteiger partial charge in [0.25, 0.3) is 0 Å². The molecule has 1 aromatic rings. The van der Waals surface area contributed by atoms with Gasteiger partial charge in [-0.1, -0.05) is 41.9 Å². The predicted molar refractivity (Wildman–Crippen MR) is 53.4 cm³/mol. The fourth-order valence-electron chi connectivity index (χ4n) is 0.637. The summed E-state index contributed by atoms with van der Waals surface area (Å²) in [6.45, 7) is 0. The van der Waals surface area contributed by atoms with E-state index in [9.17, 15) is 0 Å². The van der Waals surface area contributed by atoms with Gasteiger partial charge in [-0.2, -0.15) is 0 Å². The Labute approximate surface area is 82.2 Å². The van der Waals surface area contributed by atoms with Crippen molar-refractivity contribution in [3.8, 4) is 0 Å². The maximum Gasteiger partial charge on any atom is 0.692 e. The quantitative estimate of drug-likeness (QED) is 0.714. The van der Waals surface area contributed by atoms with E-state index >= 15 is 0 Å². The van der Waals surface area contributed by atoms with Gasteiger partial charge in [0.05, 0.1) is 0 Å². The van der Waals surface area contributed by atoms with Crippen molar-refractivity contribution in [3.05, 3.63) is 41.4 Å². The van der Waals surface area contributed by atoms with Crippen molar-refractivity contribution in [2.24, 2.45) is 0 Å². The van der Waals surface area contributed by atoms with Gasteiger partial charge in [-0.3, -0.25) is 0 Å². The largest absolute Gasteiger partial charge is 0.692 e. The van der Waals surface area contributed by atoms with Gasteiger partial charge in [0, 0.05) is 10.1 Å². The molecule has 0 aliphatic carbocycles. The van der Waals surface area contributed by atoms with Gasteiger partial charge < -0.3 is 0 Å². The van der Waals surface area contributed by atoms with Gasteiger partial charge in [-0.15, -0.1) is 9.79 Å². The summed E-state index contributed by atoms with van der Waals surface area (Å²) >= 11 is 5.36. The lowest BCUT2D eigenvalue weighted by Gasteiger charge is -1.86. The van der Waals surface area contributed by atoms with Gasteiger partial charge >= 0.3 is 8.25 Å². The second kappa shape index (κ2) is 7.90. The SMILES string of the molecule is ClC=Cc1ccccc1.O=[P+](O)O. The maximum absolute atomic E-state index is 8.70. The van der Waals surface area contributed by atoms with E-state index in [0.29, 0.717) is 0 Å². The van der Waals surface area contributed by atoms with Crippen LogP contribution in [0.15, 0.2) is 35.9 Å². The van der Waals surface area contributed by atoms with Gasteiger partial charge in [-0.05, 0) is 11.6 Å². The number of rotatable bonds is 1. The molecule has 1 aromatic carbocycles. The maximum atomic E-state index is 8.70. The molecule has 3 nitrogen and oxygen atoms in total. The van der Waals surface area contributed by atoms with Gasteiger partial charge in [0.1, 0.15) is 0 Å². The van der Waals surface area contributed by atoms with Crippen LogP contribution in [0.3, 0.4) is 0 Å². The van der Waals surface area contributed by atoms with Crippen molar-refractivity contribution in [1.29, 1.82) is 0 Å². The third-order valence-electron chi connectivity index (χ3n) is 1.06. The summed E-state index contributed by atoms with van der Waals surface area (Å²) in [6.07, 6.45) is 1.85. The first-order valence-electron chi connectivity index (χ1n) is 3.33. The summed E-state index contributed by atoms with van der Waals surface area (Å²) in [7, 11) is -2.87. The Balaban J connectivity index is 0.000000310. The minimum absolute atomic E-state index is 1.13. The highest BCUT2D eigenvalue weighted by Gasteiger charge is 1.93. The normalized spacial score (nSPS) is 9.15. The molecule has 0 aliphatic heterocycles. The van der Waals surface area contributed by atoms with Gasteiger partial charge in [0.2, 0.25) is 0 Å². The average molecular weight is 220 g/mol. The molecule has 0 saturated heterocycles. The van der Waals surface area contributed by atoms with Gasteiger partial charge in [0.15, 0.2) is 0 Å². The van der Waals surface area contributed by atoms with E-state index in [1.54, 1.807) is 0 Å². The third kappa shape index (κ3) is 9.18. The number of hydrogen-bond acceptors (Lipinski definition) is 1.